The Balaban J connectivity index is 2.86. The molecule has 0 aromatic heterocycles. The maximum atomic E-state index is 11.0. The van der Waals surface area contributed by atoms with E-state index in [9.17, 15) is 9.90 Å². The molecule has 1 aromatic rings. The van der Waals surface area contributed by atoms with Crippen molar-refractivity contribution in [1.82, 2.24) is 0 Å². The predicted octanol–water partition coefficient (Wildman–Crippen LogP) is 2.35. The highest BCUT2D eigenvalue weighted by Gasteiger charge is 2.15. The monoisotopic (exact) mass is 272 g/mol. The second kappa shape index (κ2) is 5.28. The Hall–Kier alpha value is -0.870. The van der Waals surface area contributed by atoms with E-state index in [1.54, 1.807) is 6.07 Å². The number of rotatable bonds is 3. The van der Waals surface area contributed by atoms with Gasteiger partial charge in [-0.2, -0.15) is 0 Å². The van der Waals surface area contributed by atoms with Gasteiger partial charge in [0.05, 0.1) is 19.6 Å². The number of hydrogen-bond donors (Lipinski definition) is 1. The minimum absolute atomic E-state index is 0.0200. The van der Waals surface area contributed by atoms with Crippen LogP contribution >= 0.6 is 15.9 Å². The van der Waals surface area contributed by atoms with Crippen molar-refractivity contribution in [3.05, 3.63) is 33.8 Å². The summed E-state index contributed by atoms with van der Waals surface area (Å²) in [5.41, 5.74) is 1.68. The molecule has 0 aliphatic rings. The molecule has 0 aliphatic heterocycles. The van der Waals surface area contributed by atoms with Crippen LogP contribution in [0.3, 0.4) is 0 Å². The van der Waals surface area contributed by atoms with Gasteiger partial charge in [0, 0.05) is 4.47 Å². The fourth-order valence-electron chi connectivity index (χ4n) is 1.34. The lowest BCUT2D eigenvalue weighted by molar-refractivity contribution is -0.142. The largest absolute Gasteiger partial charge is 0.469 e. The summed E-state index contributed by atoms with van der Waals surface area (Å²) in [6, 6.07) is 5.52. The molecular formula is C11H13BrO3. The minimum atomic E-state index is -0.810. The van der Waals surface area contributed by atoms with Crippen LogP contribution in [-0.4, -0.2) is 18.2 Å². The van der Waals surface area contributed by atoms with Crippen molar-refractivity contribution in [2.45, 2.75) is 19.4 Å². The standard InChI is InChI=1S/C11H13BrO3/c1-7-8(4-3-5-9(7)12)10(13)6-11(14)15-2/h3-5,10,13H,6H2,1-2H3/t10-/m0/s1. The molecule has 0 aliphatic carbocycles. The minimum Gasteiger partial charge on any atom is -0.469 e. The third-order valence-electron chi connectivity index (χ3n) is 2.26. The number of aliphatic hydroxyl groups is 1. The first-order chi connectivity index (χ1) is 7.06. The van der Waals surface area contributed by atoms with E-state index >= 15 is 0 Å². The average molecular weight is 273 g/mol. The zero-order valence-corrected chi connectivity index (χ0v) is 10.2. The van der Waals surface area contributed by atoms with Gasteiger partial charge < -0.3 is 9.84 Å². The molecule has 4 heteroatoms. The predicted molar refractivity (Wildman–Crippen MR) is 60.5 cm³/mol. The molecular weight excluding hydrogens is 260 g/mol. The van der Waals surface area contributed by atoms with E-state index in [1.165, 1.54) is 7.11 Å². The molecule has 0 unspecified atom stereocenters. The Kier molecular flexibility index (Phi) is 4.29. The van der Waals surface area contributed by atoms with Gasteiger partial charge in [0.1, 0.15) is 0 Å². The number of hydrogen-bond acceptors (Lipinski definition) is 3. The molecule has 0 spiro atoms. The van der Waals surface area contributed by atoms with Gasteiger partial charge in [0.2, 0.25) is 0 Å². The molecule has 0 fully saturated rings. The fourth-order valence-corrected chi connectivity index (χ4v) is 1.72. The number of carbonyl (C=O) groups is 1. The third kappa shape index (κ3) is 3.04. The van der Waals surface area contributed by atoms with Crippen LogP contribution in [0.1, 0.15) is 23.7 Å². The van der Waals surface area contributed by atoms with Gasteiger partial charge in [-0.1, -0.05) is 28.1 Å². The molecule has 1 aromatic carbocycles. The quantitative estimate of drug-likeness (QED) is 0.860. The first-order valence-electron chi connectivity index (χ1n) is 4.56. The van der Waals surface area contributed by atoms with E-state index in [1.807, 2.05) is 19.1 Å². The highest BCUT2D eigenvalue weighted by atomic mass is 79.9. The van der Waals surface area contributed by atoms with Gasteiger partial charge >= 0.3 is 5.97 Å². The Bertz CT molecular complexity index is 363. The molecule has 3 nitrogen and oxygen atoms in total. The average Bonchev–Trinajstić information content (AvgIpc) is 2.21. The van der Waals surface area contributed by atoms with Crippen molar-refractivity contribution < 1.29 is 14.6 Å². The van der Waals surface area contributed by atoms with Gasteiger partial charge in [-0.15, -0.1) is 0 Å². The topological polar surface area (TPSA) is 46.5 Å². The lowest BCUT2D eigenvalue weighted by Gasteiger charge is -2.13. The summed E-state index contributed by atoms with van der Waals surface area (Å²) in [5.74, 6) is -0.415. The second-order valence-electron chi connectivity index (χ2n) is 3.25. The van der Waals surface area contributed by atoms with Gasteiger partial charge in [-0.25, -0.2) is 0 Å². The van der Waals surface area contributed by atoms with Crippen LogP contribution in [0.4, 0.5) is 0 Å². The lowest BCUT2D eigenvalue weighted by atomic mass is 10.0. The SMILES string of the molecule is COC(=O)C[C@H](O)c1cccc(Br)c1C. The van der Waals surface area contributed by atoms with Crippen LogP contribution in [0, 0.1) is 6.92 Å². The zero-order valence-electron chi connectivity index (χ0n) is 8.66. The summed E-state index contributed by atoms with van der Waals surface area (Å²) in [6.07, 6.45) is -0.830. The van der Waals surface area contributed by atoms with Crippen LogP contribution in [0.5, 0.6) is 0 Å². The van der Waals surface area contributed by atoms with E-state index in [4.69, 9.17) is 0 Å². The van der Waals surface area contributed by atoms with Crippen molar-refractivity contribution in [3.8, 4) is 0 Å². The maximum Gasteiger partial charge on any atom is 0.308 e. The van der Waals surface area contributed by atoms with E-state index in [2.05, 4.69) is 20.7 Å². The molecule has 0 amide bonds. The Morgan fingerprint density at radius 3 is 2.87 bits per heavy atom. The molecule has 1 rings (SSSR count). The number of halogens is 1. The number of carbonyl (C=O) groups excluding carboxylic acids is 1. The van der Waals surface area contributed by atoms with E-state index in [0.29, 0.717) is 0 Å². The van der Waals surface area contributed by atoms with Crippen molar-refractivity contribution in [1.29, 1.82) is 0 Å². The van der Waals surface area contributed by atoms with Crippen LogP contribution < -0.4 is 0 Å². The van der Waals surface area contributed by atoms with Crippen LogP contribution in [0.25, 0.3) is 0 Å². The maximum absolute atomic E-state index is 11.0. The number of esters is 1. The van der Waals surface area contributed by atoms with Crippen molar-refractivity contribution in [3.63, 3.8) is 0 Å². The number of aliphatic hydroxyl groups excluding tert-OH is 1. The lowest BCUT2D eigenvalue weighted by Crippen LogP contribution is -2.09. The summed E-state index contributed by atoms with van der Waals surface area (Å²) >= 11 is 3.37. The van der Waals surface area contributed by atoms with Crippen LogP contribution in [0.2, 0.25) is 0 Å². The molecule has 1 N–H and O–H groups in total. The molecule has 0 saturated carbocycles. The summed E-state index contributed by atoms with van der Waals surface area (Å²) in [6.45, 7) is 1.89. The summed E-state index contributed by atoms with van der Waals surface area (Å²) in [5, 5.41) is 9.81. The first-order valence-corrected chi connectivity index (χ1v) is 5.35. The van der Waals surface area contributed by atoms with Gasteiger partial charge in [0.25, 0.3) is 0 Å². The molecule has 15 heavy (non-hydrogen) atoms. The van der Waals surface area contributed by atoms with Gasteiger partial charge in [-0.05, 0) is 24.1 Å². The number of benzene rings is 1. The van der Waals surface area contributed by atoms with Crippen LogP contribution in [0.15, 0.2) is 22.7 Å². The second-order valence-corrected chi connectivity index (χ2v) is 4.10. The fraction of sp³-hybridized carbons (Fsp3) is 0.364. The third-order valence-corrected chi connectivity index (χ3v) is 3.12. The Morgan fingerprint density at radius 2 is 2.27 bits per heavy atom. The number of methoxy groups -OCH3 is 1. The summed E-state index contributed by atoms with van der Waals surface area (Å²) in [4.78, 5) is 11.0. The Labute approximate surface area is 97.2 Å². The van der Waals surface area contributed by atoms with Crippen molar-refractivity contribution in [2.75, 3.05) is 7.11 Å². The highest BCUT2D eigenvalue weighted by molar-refractivity contribution is 9.10. The van der Waals surface area contributed by atoms with Gasteiger partial charge in [0.15, 0.2) is 0 Å². The van der Waals surface area contributed by atoms with Crippen molar-refractivity contribution in [2.24, 2.45) is 0 Å². The highest BCUT2D eigenvalue weighted by Crippen LogP contribution is 2.26. The molecule has 1 atom stereocenters. The molecule has 0 heterocycles. The number of ether oxygens (including phenoxy) is 1. The van der Waals surface area contributed by atoms with Crippen molar-refractivity contribution >= 4 is 21.9 Å². The summed E-state index contributed by atoms with van der Waals surface area (Å²) in [7, 11) is 1.31. The molecule has 0 bridgehead atoms. The molecule has 82 valence electrons. The normalized spacial score (nSPS) is 12.3. The first kappa shape index (κ1) is 12.2. The zero-order chi connectivity index (χ0) is 11.4. The van der Waals surface area contributed by atoms with Crippen LogP contribution in [-0.2, 0) is 9.53 Å². The Morgan fingerprint density at radius 1 is 1.60 bits per heavy atom. The molecule has 0 saturated heterocycles. The smallest absolute Gasteiger partial charge is 0.308 e. The van der Waals surface area contributed by atoms with E-state index < -0.39 is 12.1 Å². The van der Waals surface area contributed by atoms with E-state index in [0.717, 1.165) is 15.6 Å². The van der Waals surface area contributed by atoms with E-state index in [-0.39, 0.29) is 6.42 Å². The summed E-state index contributed by atoms with van der Waals surface area (Å²) < 4.78 is 5.42. The molecule has 0 radical (unpaired) electrons. The van der Waals surface area contributed by atoms with Gasteiger partial charge in [-0.3, -0.25) is 4.79 Å².